The highest BCUT2D eigenvalue weighted by Crippen LogP contribution is 2.24. The predicted molar refractivity (Wildman–Crippen MR) is 95.2 cm³/mol. The second-order valence-corrected chi connectivity index (χ2v) is 6.76. The number of rotatable bonds is 7. The minimum atomic E-state index is -0.156. The highest BCUT2D eigenvalue weighted by atomic mass is 16.5. The Labute approximate surface area is 148 Å². The third-order valence-corrected chi connectivity index (χ3v) is 4.66. The first-order valence-electron chi connectivity index (χ1n) is 9.00. The van der Waals surface area contributed by atoms with E-state index in [9.17, 15) is 4.79 Å². The molecule has 1 N–H and O–H groups in total. The van der Waals surface area contributed by atoms with Crippen molar-refractivity contribution in [2.24, 2.45) is 7.05 Å². The van der Waals surface area contributed by atoms with E-state index in [1.807, 2.05) is 36.7 Å². The van der Waals surface area contributed by atoms with Crippen LogP contribution in [-0.2, 0) is 18.3 Å². The van der Waals surface area contributed by atoms with Gasteiger partial charge in [0, 0.05) is 13.5 Å². The van der Waals surface area contributed by atoms with Crippen molar-refractivity contribution in [2.75, 3.05) is 0 Å². The summed E-state index contributed by atoms with van der Waals surface area (Å²) in [4.78, 5) is 12.2. The van der Waals surface area contributed by atoms with Gasteiger partial charge in [0.25, 0.3) is 0 Å². The van der Waals surface area contributed by atoms with Crippen molar-refractivity contribution in [3.05, 3.63) is 42.0 Å². The molecule has 0 aliphatic heterocycles. The second-order valence-electron chi connectivity index (χ2n) is 6.76. The lowest BCUT2D eigenvalue weighted by molar-refractivity contribution is -0.121. The highest BCUT2D eigenvalue weighted by Gasteiger charge is 2.17. The van der Waals surface area contributed by atoms with Crippen LogP contribution in [0.15, 0.2) is 30.6 Å². The van der Waals surface area contributed by atoms with Crippen LogP contribution < -0.4 is 10.1 Å². The van der Waals surface area contributed by atoms with Crippen molar-refractivity contribution < 1.29 is 9.53 Å². The standard InChI is InChI=1S/C19H26N4O2/c1-14(19-22-20-13-23(19)2)21-18(24)11-10-15-6-5-9-17(12-15)25-16-7-3-4-8-16/h5-6,9,12-14,16H,3-4,7-8,10-11H2,1-2H3,(H,21,24). The van der Waals surface area contributed by atoms with Crippen LogP contribution in [0.5, 0.6) is 5.75 Å². The number of aromatic nitrogens is 3. The second kappa shape index (κ2) is 8.14. The van der Waals surface area contributed by atoms with Crippen molar-refractivity contribution >= 4 is 5.91 Å². The Morgan fingerprint density at radius 2 is 2.20 bits per heavy atom. The molecule has 1 aromatic heterocycles. The lowest BCUT2D eigenvalue weighted by atomic mass is 10.1. The molecule has 6 nitrogen and oxygen atoms in total. The zero-order valence-electron chi connectivity index (χ0n) is 14.9. The smallest absolute Gasteiger partial charge is 0.220 e. The number of aryl methyl sites for hydroxylation is 2. The molecule has 1 fully saturated rings. The number of carbonyl (C=O) groups is 1. The summed E-state index contributed by atoms with van der Waals surface area (Å²) in [6, 6.07) is 7.94. The summed E-state index contributed by atoms with van der Waals surface area (Å²) in [6.45, 7) is 1.91. The van der Waals surface area contributed by atoms with Gasteiger partial charge in [0.05, 0.1) is 12.1 Å². The first-order chi connectivity index (χ1) is 12.1. The lowest BCUT2D eigenvalue weighted by Crippen LogP contribution is -2.28. The first-order valence-corrected chi connectivity index (χ1v) is 9.00. The van der Waals surface area contributed by atoms with E-state index in [4.69, 9.17) is 4.74 Å². The van der Waals surface area contributed by atoms with Gasteiger partial charge in [-0.2, -0.15) is 0 Å². The third kappa shape index (κ3) is 4.81. The van der Waals surface area contributed by atoms with E-state index in [0.717, 1.165) is 30.0 Å². The van der Waals surface area contributed by atoms with E-state index in [0.29, 0.717) is 18.9 Å². The van der Waals surface area contributed by atoms with Crippen LogP contribution in [-0.4, -0.2) is 26.8 Å². The maximum Gasteiger partial charge on any atom is 0.220 e. The Hall–Kier alpha value is -2.37. The van der Waals surface area contributed by atoms with Gasteiger partial charge in [-0.25, -0.2) is 0 Å². The van der Waals surface area contributed by atoms with Crippen LogP contribution in [0.2, 0.25) is 0 Å². The Balaban J connectivity index is 1.49. The summed E-state index contributed by atoms with van der Waals surface area (Å²) in [5, 5.41) is 10.8. The number of hydrogen-bond donors (Lipinski definition) is 1. The van der Waals surface area contributed by atoms with Crippen LogP contribution in [0.3, 0.4) is 0 Å². The minimum absolute atomic E-state index is 0.0117. The van der Waals surface area contributed by atoms with Gasteiger partial charge in [-0.05, 0) is 56.7 Å². The minimum Gasteiger partial charge on any atom is -0.490 e. The number of hydrogen-bond acceptors (Lipinski definition) is 4. The molecular formula is C19H26N4O2. The molecule has 134 valence electrons. The summed E-state index contributed by atoms with van der Waals surface area (Å²) in [7, 11) is 1.87. The fourth-order valence-corrected chi connectivity index (χ4v) is 3.29. The van der Waals surface area contributed by atoms with Crippen molar-refractivity contribution in [1.29, 1.82) is 0 Å². The van der Waals surface area contributed by atoms with Gasteiger partial charge >= 0.3 is 0 Å². The van der Waals surface area contributed by atoms with Crippen LogP contribution in [0, 0.1) is 0 Å². The summed E-state index contributed by atoms with van der Waals surface area (Å²) in [5.41, 5.74) is 1.12. The van der Waals surface area contributed by atoms with Gasteiger partial charge in [0.2, 0.25) is 5.91 Å². The van der Waals surface area contributed by atoms with Gasteiger partial charge in [0.15, 0.2) is 5.82 Å². The Morgan fingerprint density at radius 1 is 1.40 bits per heavy atom. The average molecular weight is 342 g/mol. The Kier molecular flexibility index (Phi) is 5.68. The number of carbonyl (C=O) groups excluding carboxylic acids is 1. The van der Waals surface area contributed by atoms with Crippen LogP contribution >= 0.6 is 0 Å². The molecule has 1 unspecified atom stereocenters. The molecule has 1 atom stereocenters. The molecule has 1 saturated carbocycles. The summed E-state index contributed by atoms with van der Waals surface area (Å²) in [5.74, 6) is 1.68. The van der Waals surface area contributed by atoms with Crippen LogP contribution in [0.4, 0.5) is 0 Å². The van der Waals surface area contributed by atoms with Crippen LogP contribution in [0.25, 0.3) is 0 Å². The van der Waals surface area contributed by atoms with Crippen molar-refractivity contribution in [3.63, 3.8) is 0 Å². The topological polar surface area (TPSA) is 69.0 Å². The summed E-state index contributed by atoms with van der Waals surface area (Å²) < 4.78 is 7.85. The van der Waals surface area contributed by atoms with Crippen molar-refractivity contribution in [3.8, 4) is 5.75 Å². The normalized spacial score (nSPS) is 15.9. The quantitative estimate of drug-likeness (QED) is 0.840. The van der Waals surface area contributed by atoms with Gasteiger partial charge in [-0.1, -0.05) is 12.1 Å². The zero-order chi connectivity index (χ0) is 17.6. The molecular weight excluding hydrogens is 316 g/mol. The monoisotopic (exact) mass is 342 g/mol. The van der Waals surface area contributed by atoms with E-state index in [2.05, 4.69) is 21.6 Å². The summed E-state index contributed by atoms with van der Waals surface area (Å²) in [6.07, 6.45) is 7.93. The molecule has 0 saturated heterocycles. The number of amides is 1. The van der Waals surface area contributed by atoms with E-state index < -0.39 is 0 Å². The molecule has 1 amide bonds. The van der Waals surface area contributed by atoms with Gasteiger partial charge in [-0.15, -0.1) is 10.2 Å². The van der Waals surface area contributed by atoms with E-state index in [1.54, 1.807) is 6.33 Å². The molecule has 1 heterocycles. The average Bonchev–Trinajstić information content (AvgIpc) is 3.25. The molecule has 1 aromatic carbocycles. The molecule has 2 aromatic rings. The van der Waals surface area contributed by atoms with Gasteiger partial charge in [0.1, 0.15) is 12.1 Å². The fraction of sp³-hybridized carbons (Fsp3) is 0.526. The predicted octanol–water partition coefficient (Wildman–Crippen LogP) is 2.95. The Bertz CT molecular complexity index is 707. The van der Waals surface area contributed by atoms with E-state index in [1.165, 1.54) is 12.8 Å². The molecule has 0 radical (unpaired) electrons. The number of nitrogens with zero attached hydrogens (tertiary/aromatic N) is 3. The van der Waals surface area contributed by atoms with Crippen LogP contribution in [0.1, 0.15) is 56.5 Å². The molecule has 3 rings (SSSR count). The largest absolute Gasteiger partial charge is 0.490 e. The highest BCUT2D eigenvalue weighted by molar-refractivity contribution is 5.76. The van der Waals surface area contributed by atoms with Gasteiger partial charge in [-0.3, -0.25) is 4.79 Å². The number of ether oxygens (including phenoxy) is 1. The maximum absolute atomic E-state index is 12.2. The molecule has 0 bridgehead atoms. The van der Waals surface area contributed by atoms with E-state index in [-0.39, 0.29) is 11.9 Å². The Morgan fingerprint density at radius 3 is 2.92 bits per heavy atom. The van der Waals surface area contributed by atoms with Crippen molar-refractivity contribution in [1.82, 2.24) is 20.1 Å². The molecule has 6 heteroatoms. The summed E-state index contributed by atoms with van der Waals surface area (Å²) >= 11 is 0. The number of nitrogens with one attached hydrogen (secondary N) is 1. The molecule has 25 heavy (non-hydrogen) atoms. The zero-order valence-corrected chi connectivity index (χ0v) is 14.9. The molecule has 0 spiro atoms. The van der Waals surface area contributed by atoms with E-state index >= 15 is 0 Å². The fourth-order valence-electron chi connectivity index (χ4n) is 3.29. The van der Waals surface area contributed by atoms with Crippen molar-refractivity contribution in [2.45, 2.75) is 57.6 Å². The number of benzene rings is 1. The SMILES string of the molecule is CC(NC(=O)CCc1cccc(OC2CCCC2)c1)c1nncn1C. The third-order valence-electron chi connectivity index (χ3n) is 4.66. The molecule has 1 aliphatic carbocycles. The first kappa shape index (κ1) is 17.5. The lowest BCUT2D eigenvalue weighted by Gasteiger charge is -2.14. The molecule has 1 aliphatic rings. The van der Waals surface area contributed by atoms with Gasteiger partial charge < -0.3 is 14.6 Å². The maximum atomic E-state index is 12.2.